The van der Waals surface area contributed by atoms with Crippen molar-refractivity contribution in [1.82, 2.24) is 9.88 Å². The highest BCUT2D eigenvalue weighted by molar-refractivity contribution is 9.10. The van der Waals surface area contributed by atoms with Crippen LogP contribution in [0.15, 0.2) is 99.1 Å². The maximum atomic E-state index is 13.5. The van der Waals surface area contributed by atoms with Crippen LogP contribution in [0.4, 0.5) is 11.4 Å². The number of methoxy groups -OCH3 is 1. The maximum Gasteiger partial charge on any atom is 0.261 e. The van der Waals surface area contributed by atoms with Crippen molar-refractivity contribution >= 4 is 43.2 Å². The summed E-state index contributed by atoms with van der Waals surface area (Å²) >= 11 is 3.35. The molecule has 1 fully saturated rings. The van der Waals surface area contributed by atoms with Crippen molar-refractivity contribution in [2.75, 3.05) is 29.8 Å². The largest absolute Gasteiger partial charge is 0.497 e. The number of aromatic nitrogens is 1. The molecule has 2 unspecified atom stereocenters. The van der Waals surface area contributed by atoms with E-state index in [9.17, 15) is 18.0 Å². The van der Waals surface area contributed by atoms with E-state index in [1.807, 2.05) is 34.9 Å². The van der Waals surface area contributed by atoms with Crippen molar-refractivity contribution in [3.8, 4) is 5.75 Å². The number of ether oxygens (including phenoxy) is 1. The van der Waals surface area contributed by atoms with Crippen LogP contribution in [0.1, 0.15) is 34.0 Å². The molecule has 4 aromatic rings. The second kappa shape index (κ2) is 11.9. The number of amides is 1. The summed E-state index contributed by atoms with van der Waals surface area (Å²) in [6, 6.07) is 24.3. The third kappa shape index (κ3) is 6.18. The number of hydrogen-bond donors (Lipinski definition) is 2. The van der Waals surface area contributed by atoms with Crippen LogP contribution in [0.2, 0.25) is 0 Å². The normalized spacial score (nSPS) is 17.6. The Balaban J connectivity index is 1.30. The van der Waals surface area contributed by atoms with Crippen LogP contribution in [0.25, 0.3) is 0 Å². The van der Waals surface area contributed by atoms with Crippen molar-refractivity contribution in [3.05, 3.63) is 117 Å². The summed E-state index contributed by atoms with van der Waals surface area (Å²) in [5.41, 5.74) is 3.26. The molecule has 222 valence electrons. The van der Waals surface area contributed by atoms with Gasteiger partial charge in [0.2, 0.25) is 0 Å². The first-order valence-corrected chi connectivity index (χ1v) is 16.3. The second-order valence-corrected chi connectivity index (χ2v) is 13.5. The summed E-state index contributed by atoms with van der Waals surface area (Å²) in [5.74, 6) is 0.764. The maximum absolute atomic E-state index is 13.5. The fraction of sp³-hybridized carbons (Fsp3) is 0.250. The van der Waals surface area contributed by atoms with Gasteiger partial charge in [-0.15, -0.1) is 0 Å². The van der Waals surface area contributed by atoms with Gasteiger partial charge in [0.15, 0.2) is 0 Å². The Kier molecular flexibility index (Phi) is 8.02. The summed E-state index contributed by atoms with van der Waals surface area (Å²) in [6.45, 7) is 2.20. The van der Waals surface area contributed by atoms with E-state index < -0.39 is 10.0 Å². The number of piperidine rings is 1. The highest BCUT2D eigenvalue weighted by Crippen LogP contribution is 2.40. The predicted octanol–water partition coefficient (Wildman–Crippen LogP) is 4.97. The summed E-state index contributed by atoms with van der Waals surface area (Å²) < 4.78 is 37.6. The van der Waals surface area contributed by atoms with Gasteiger partial charge in [-0.3, -0.25) is 14.3 Å². The van der Waals surface area contributed by atoms with Crippen molar-refractivity contribution in [2.24, 2.45) is 5.92 Å². The molecule has 9 nitrogen and oxygen atoms in total. The zero-order valence-corrected chi connectivity index (χ0v) is 25.9. The first-order chi connectivity index (χ1) is 20.7. The minimum absolute atomic E-state index is 0.00797. The molecule has 2 aliphatic rings. The van der Waals surface area contributed by atoms with Gasteiger partial charge in [-0.05, 0) is 78.6 Å². The highest BCUT2D eigenvalue weighted by atomic mass is 79.9. The molecule has 6 rings (SSSR count). The van der Waals surface area contributed by atoms with Crippen LogP contribution in [-0.2, 0) is 23.1 Å². The number of nitrogens with zero attached hydrogens (tertiary/aromatic N) is 2. The number of benzene rings is 3. The van der Waals surface area contributed by atoms with Gasteiger partial charge in [-0.2, -0.15) is 0 Å². The van der Waals surface area contributed by atoms with Gasteiger partial charge in [-0.25, -0.2) is 8.42 Å². The van der Waals surface area contributed by atoms with Crippen LogP contribution >= 0.6 is 15.9 Å². The van der Waals surface area contributed by atoms with Gasteiger partial charge < -0.3 is 19.5 Å². The third-order valence-electron chi connectivity index (χ3n) is 8.06. The van der Waals surface area contributed by atoms with Gasteiger partial charge >= 0.3 is 0 Å². The lowest BCUT2D eigenvalue weighted by Gasteiger charge is -2.44. The van der Waals surface area contributed by atoms with Gasteiger partial charge in [0, 0.05) is 53.9 Å². The van der Waals surface area contributed by atoms with Crippen LogP contribution < -0.4 is 25.2 Å². The monoisotopic (exact) mass is 662 g/mol. The predicted molar refractivity (Wildman–Crippen MR) is 169 cm³/mol. The van der Waals surface area contributed by atoms with E-state index in [4.69, 9.17) is 4.74 Å². The quantitative estimate of drug-likeness (QED) is 0.276. The van der Waals surface area contributed by atoms with Crippen molar-refractivity contribution < 1.29 is 17.9 Å². The first-order valence-electron chi connectivity index (χ1n) is 14.0. The number of carbonyl (C=O) groups excluding carboxylic acids is 1. The first kappa shape index (κ1) is 29.0. The Labute approximate surface area is 258 Å². The summed E-state index contributed by atoms with van der Waals surface area (Å²) in [6.07, 6.45) is 0.964. The molecule has 0 radical (unpaired) electrons. The number of pyridine rings is 1. The molecule has 3 heterocycles. The zero-order valence-electron chi connectivity index (χ0n) is 23.5. The number of fused-ring (bicyclic) bond motifs is 4. The molecule has 2 atom stereocenters. The Hall–Kier alpha value is -4.09. The molecule has 2 bridgehead atoms. The van der Waals surface area contributed by atoms with Gasteiger partial charge in [0.25, 0.3) is 21.5 Å². The molecule has 0 spiro atoms. The van der Waals surface area contributed by atoms with Crippen LogP contribution in [0.5, 0.6) is 5.75 Å². The minimum Gasteiger partial charge on any atom is -0.497 e. The lowest BCUT2D eigenvalue weighted by Crippen LogP contribution is -2.47. The van der Waals surface area contributed by atoms with Crippen molar-refractivity contribution in [2.45, 2.75) is 30.3 Å². The molecule has 1 saturated heterocycles. The van der Waals surface area contributed by atoms with Crippen molar-refractivity contribution in [1.29, 1.82) is 0 Å². The SMILES string of the molecule is COc1ccc(CNC(=O)c2ccc(N3CC4CC(C3)c3cccc(=O)n3C4)c(NS(=O)(=O)c3ccc(Br)cc3)c2)cc1. The van der Waals surface area contributed by atoms with E-state index in [1.54, 1.807) is 49.6 Å². The lowest BCUT2D eigenvalue weighted by molar-refractivity contribution is 0.0951. The molecule has 3 aromatic carbocycles. The van der Waals surface area contributed by atoms with Crippen LogP contribution in [-0.4, -0.2) is 39.1 Å². The summed E-state index contributed by atoms with van der Waals surface area (Å²) in [5, 5.41) is 2.92. The average molecular weight is 664 g/mol. The third-order valence-corrected chi connectivity index (χ3v) is 9.97. The molecule has 1 amide bonds. The number of hydrogen-bond acceptors (Lipinski definition) is 6. The molecule has 2 aliphatic heterocycles. The summed E-state index contributed by atoms with van der Waals surface area (Å²) in [4.78, 5) is 28.0. The highest BCUT2D eigenvalue weighted by Gasteiger charge is 2.35. The number of sulfonamides is 1. The Morgan fingerprint density at radius 1 is 0.977 bits per heavy atom. The van der Waals surface area contributed by atoms with E-state index in [0.29, 0.717) is 43.1 Å². The lowest BCUT2D eigenvalue weighted by atomic mass is 9.83. The molecule has 0 aliphatic carbocycles. The van der Waals surface area contributed by atoms with Crippen LogP contribution in [0, 0.1) is 5.92 Å². The van der Waals surface area contributed by atoms with E-state index in [1.165, 1.54) is 12.1 Å². The number of rotatable bonds is 8. The molecular formula is C32H31BrN4O5S. The number of carbonyl (C=O) groups is 1. The molecule has 1 aromatic heterocycles. The average Bonchev–Trinajstić information content (AvgIpc) is 3.00. The standard InChI is InChI=1S/C32H31BrN4O5S/c1-42-26-10-5-21(6-11-26)17-34-32(39)23-7-14-30(28(16-23)35-43(40,41)27-12-8-25(33)9-13-27)36-18-22-15-24(20-36)29-3-2-4-31(38)37(29)19-22/h2-14,16,22,24,35H,15,17-20H2,1H3,(H,34,39). The Morgan fingerprint density at radius 2 is 1.74 bits per heavy atom. The smallest absolute Gasteiger partial charge is 0.261 e. The van der Waals surface area contributed by atoms with E-state index in [0.717, 1.165) is 27.9 Å². The minimum atomic E-state index is -3.96. The number of anilines is 2. The van der Waals surface area contributed by atoms with Gasteiger partial charge in [-0.1, -0.05) is 34.1 Å². The summed E-state index contributed by atoms with van der Waals surface area (Å²) in [7, 11) is -2.36. The molecular weight excluding hydrogens is 632 g/mol. The topological polar surface area (TPSA) is 110 Å². The molecule has 43 heavy (non-hydrogen) atoms. The second-order valence-electron chi connectivity index (χ2n) is 10.9. The van der Waals surface area contributed by atoms with E-state index in [-0.39, 0.29) is 28.2 Å². The number of nitrogens with one attached hydrogen (secondary N) is 2. The van der Waals surface area contributed by atoms with E-state index >= 15 is 0 Å². The fourth-order valence-corrected chi connectivity index (χ4v) is 7.30. The molecule has 0 saturated carbocycles. The number of halogens is 1. The molecule has 11 heteroatoms. The fourth-order valence-electron chi connectivity index (χ4n) is 5.97. The Morgan fingerprint density at radius 3 is 2.49 bits per heavy atom. The van der Waals surface area contributed by atoms with Crippen molar-refractivity contribution in [3.63, 3.8) is 0 Å². The van der Waals surface area contributed by atoms with Gasteiger partial charge in [0.05, 0.1) is 23.4 Å². The van der Waals surface area contributed by atoms with E-state index in [2.05, 4.69) is 30.9 Å². The van der Waals surface area contributed by atoms with Crippen LogP contribution in [0.3, 0.4) is 0 Å². The molecule has 2 N–H and O–H groups in total. The Bertz CT molecular complexity index is 1820. The van der Waals surface area contributed by atoms with Gasteiger partial charge in [0.1, 0.15) is 5.75 Å². The zero-order chi connectivity index (χ0) is 30.1.